The molecular formula is C13H20BrNO. The first-order valence-corrected chi connectivity index (χ1v) is 6.43. The Kier molecular flexibility index (Phi) is 6.03. The highest BCUT2D eigenvalue weighted by Gasteiger charge is 2.19. The van der Waals surface area contributed by atoms with Crippen LogP contribution in [0.15, 0.2) is 28.7 Å². The standard InChI is InChI=1S/C13H20BrNO/c1-10(7-8-16-2)12(9-15)11-5-3-4-6-13(11)14/h3-6,10,12H,7-9,15H2,1-2H3. The molecule has 0 aliphatic carbocycles. The zero-order valence-corrected chi connectivity index (χ0v) is 11.5. The van der Waals surface area contributed by atoms with Crippen molar-refractivity contribution in [2.24, 2.45) is 11.7 Å². The monoisotopic (exact) mass is 285 g/mol. The van der Waals surface area contributed by atoms with E-state index in [1.54, 1.807) is 7.11 Å². The van der Waals surface area contributed by atoms with Gasteiger partial charge in [-0.15, -0.1) is 0 Å². The second kappa shape index (κ2) is 7.05. The average molecular weight is 286 g/mol. The minimum atomic E-state index is 0.394. The molecule has 0 fully saturated rings. The summed E-state index contributed by atoms with van der Waals surface area (Å²) in [7, 11) is 1.74. The van der Waals surface area contributed by atoms with Crippen LogP contribution in [-0.4, -0.2) is 20.3 Å². The highest BCUT2D eigenvalue weighted by Crippen LogP contribution is 2.31. The van der Waals surface area contributed by atoms with Crippen molar-refractivity contribution in [3.63, 3.8) is 0 Å². The average Bonchev–Trinajstić information content (AvgIpc) is 2.30. The van der Waals surface area contributed by atoms with E-state index in [-0.39, 0.29) is 0 Å². The van der Waals surface area contributed by atoms with Crippen molar-refractivity contribution in [3.8, 4) is 0 Å². The predicted molar refractivity (Wildman–Crippen MR) is 71.6 cm³/mol. The van der Waals surface area contributed by atoms with Crippen molar-refractivity contribution >= 4 is 15.9 Å². The Morgan fingerprint density at radius 3 is 2.62 bits per heavy atom. The van der Waals surface area contributed by atoms with Gasteiger partial charge in [-0.1, -0.05) is 41.1 Å². The van der Waals surface area contributed by atoms with Gasteiger partial charge in [0.1, 0.15) is 0 Å². The lowest BCUT2D eigenvalue weighted by Gasteiger charge is -2.23. The van der Waals surface area contributed by atoms with E-state index in [1.165, 1.54) is 5.56 Å². The van der Waals surface area contributed by atoms with Crippen LogP contribution in [0.4, 0.5) is 0 Å². The molecule has 0 spiro atoms. The summed E-state index contributed by atoms with van der Waals surface area (Å²) < 4.78 is 6.27. The summed E-state index contributed by atoms with van der Waals surface area (Å²) in [5.41, 5.74) is 7.18. The van der Waals surface area contributed by atoms with Crippen LogP contribution in [0.2, 0.25) is 0 Å². The normalized spacial score (nSPS) is 14.8. The topological polar surface area (TPSA) is 35.2 Å². The third-order valence-corrected chi connectivity index (χ3v) is 3.75. The Balaban J connectivity index is 2.77. The zero-order chi connectivity index (χ0) is 12.0. The summed E-state index contributed by atoms with van der Waals surface area (Å²) in [4.78, 5) is 0. The van der Waals surface area contributed by atoms with Crippen LogP contribution in [-0.2, 0) is 4.74 Å². The minimum absolute atomic E-state index is 0.394. The molecule has 2 N–H and O–H groups in total. The van der Waals surface area contributed by atoms with Crippen molar-refractivity contribution in [1.29, 1.82) is 0 Å². The third kappa shape index (κ3) is 3.58. The van der Waals surface area contributed by atoms with Crippen LogP contribution >= 0.6 is 15.9 Å². The van der Waals surface area contributed by atoms with Gasteiger partial charge in [0.2, 0.25) is 0 Å². The molecule has 0 heterocycles. The van der Waals surface area contributed by atoms with E-state index in [4.69, 9.17) is 10.5 Å². The Labute approximate surface area is 106 Å². The van der Waals surface area contributed by atoms with E-state index >= 15 is 0 Å². The maximum Gasteiger partial charge on any atom is 0.0465 e. The van der Waals surface area contributed by atoms with E-state index in [1.807, 2.05) is 6.07 Å². The smallest absolute Gasteiger partial charge is 0.0465 e. The molecule has 0 saturated carbocycles. The summed E-state index contributed by atoms with van der Waals surface area (Å²) in [5.74, 6) is 0.925. The molecule has 2 unspecified atom stereocenters. The maximum atomic E-state index is 5.88. The molecule has 16 heavy (non-hydrogen) atoms. The lowest BCUT2D eigenvalue weighted by atomic mass is 9.85. The molecule has 90 valence electrons. The molecule has 1 aromatic rings. The Bertz CT molecular complexity index is 317. The van der Waals surface area contributed by atoms with Gasteiger partial charge in [0.15, 0.2) is 0 Å². The first kappa shape index (κ1) is 13.7. The molecule has 1 rings (SSSR count). The first-order valence-electron chi connectivity index (χ1n) is 5.64. The molecule has 3 heteroatoms. The molecule has 2 nitrogen and oxygen atoms in total. The van der Waals surface area contributed by atoms with E-state index in [9.17, 15) is 0 Å². The van der Waals surface area contributed by atoms with Gasteiger partial charge >= 0.3 is 0 Å². The van der Waals surface area contributed by atoms with Crippen molar-refractivity contribution in [2.75, 3.05) is 20.3 Å². The van der Waals surface area contributed by atoms with Crippen LogP contribution in [0.5, 0.6) is 0 Å². The number of rotatable bonds is 6. The van der Waals surface area contributed by atoms with E-state index < -0.39 is 0 Å². The highest BCUT2D eigenvalue weighted by molar-refractivity contribution is 9.10. The number of hydrogen-bond acceptors (Lipinski definition) is 2. The van der Waals surface area contributed by atoms with Crippen LogP contribution in [0, 0.1) is 5.92 Å². The fourth-order valence-electron chi connectivity index (χ4n) is 1.95. The van der Waals surface area contributed by atoms with Gasteiger partial charge in [0.05, 0.1) is 0 Å². The van der Waals surface area contributed by atoms with E-state index in [0.717, 1.165) is 17.5 Å². The predicted octanol–water partition coefficient (Wildman–Crippen LogP) is 3.16. The first-order chi connectivity index (χ1) is 7.70. The largest absolute Gasteiger partial charge is 0.385 e. The van der Waals surface area contributed by atoms with Crippen LogP contribution in [0.3, 0.4) is 0 Å². The molecule has 0 amide bonds. The van der Waals surface area contributed by atoms with Gasteiger partial charge in [-0.3, -0.25) is 0 Å². The molecule has 1 aromatic carbocycles. The summed E-state index contributed by atoms with van der Waals surface area (Å²) >= 11 is 3.59. The van der Waals surface area contributed by atoms with Crippen LogP contribution in [0.25, 0.3) is 0 Å². The number of benzene rings is 1. The van der Waals surface area contributed by atoms with Gasteiger partial charge < -0.3 is 10.5 Å². The maximum absolute atomic E-state index is 5.88. The van der Waals surface area contributed by atoms with Crippen molar-refractivity contribution in [3.05, 3.63) is 34.3 Å². The Morgan fingerprint density at radius 1 is 1.38 bits per heavy atom. The van der Waals surface area contributed by atoms with Gasteiger partial charge in [0.25, 0.3) is 0 Å². The highest BCUT2D eigenvalue weighted by atomic mass is 79.9. The van der Waals surface area contributed by atoms with Gasteiger partial charge in [0, 0.05) is 18.2 Å². The zero-order valence-electron chi connectivity index (χ0n) is 9.95. The minimum Gasteiger partial charge on any atom is -0.385 e. The second-order valence-electron chi connectivity index (χ2n) is 4.12. The fourth-order valence-corrected chi connectivity index (χ4v) is 2.53. The van der Waals surface area contributed by atoms with Gasteiger partial charge in [-0.25, -0.2) is 0 Å². The number of ether oxygens (including phenoxy) is 1. The van der Waals surface area contributed by atoms with Crippen LogP contribution < -0.4 is 5.73 Å². The lowest BCUT2D eigenvalue weighted by Crippen LogP contribution is -2.21. The van der Waals surface area contributed by atoms with Crippen molar-refractivity contribution in [1.82, 2.24) is 0 Å². The summed E-state index contributed by atoms with van der Waals surface area (Å²) in [6, 6.07) is 8.30. The molecule has 0 bridgehead atoms. The quantitative estimate of drug-likeness (QED) is 0.871. The molecular weight excluding hydrogens is 266 g/mol. The molecule has 0 aliphatic rings. The second-order valence-corrected chi connectivity index (χ2v) is 4.98. The van der Waals surface area contributed by atoms with Crippen LogP contribution in [0.1, 0.15) is 24.8 Å². The molecule has 0 saturated heterocycles. The Hall–Kier alpha value is -0.380. The summed E-state index contributed by atoms with van der Waals surface area (Å²) in [5, 5.41) is 0. The van der Waals surface area contributed by atoms with Gasteiger partial charge in [-0.2, -0.15) is 0 Å². The fraction of sp³-hybridized carbons (Fsp3) is 0.538. The number of methoxy groups -OCH3 is 1. The molecule has 2 atom stereocenters. The molecule has 0 aliphatic heterocycles. The lowest BCUT2D eigenvalue weighted by molar-refractivity contribution is 0.174. The number of hydrogen-bond donors (Lipinski definition) is 1. The molecule has 0 radical (unpaired) electrons. The van der Waals surface area contributed by atoms with E-state index in [2.05, 4.69) is 41.1 Å². The van der Waals surface area contributed by atoms with E-state index in [0.29, 0.717) is 18.4 Å². The SMILES string of the molecule is COCCC(C)C(CN)c1ccccc1Br. The summed E-state index contributed by atoms with van der Waals surface area (Å²) in [6.07, 6.45) is 1.04. The molecule has 0 aromatic heterocycles. The van der Waals surface area contributed by atoms with Crippen molar-refractivity contribution in [2.45, 2.75) is 19.3 Å². The Morgan fingerprint density at radius 2 is 2.06 bits per heavy atom. The van der Waals surface area contributed by atoms with Gasteiger partial charge in [-0.05, 0) is 36.4 Å². The number of halogens is 1. The third-order valence-electron chi connectivity index (χ3n) is 3.02. The van der Waals surface area contributed by atoms with Crippen molar-refractivity contribution < 1.29 is 4.74 Å². The summed E-state index contributed by atoms with van der Waals surface area (Å²) in [6.45, 7) is 3.70. The number of nitrogens with two attached hydrogens (primary N) is 1.